The quantitative estimate of drug-likeness (QED) is 0.208. The fourth-order valence-electron chi connectivity index (χ4n) is 5.99. The first-order valence-corrected chi connectivity index (χ1v) is 14.9. The first-order valence-electron chi connectivity index (χ1n) is 14.9. The van der Waals surface area contributed by atoms with Crippen molar-refractivity contribution < 1.29 is 0 Å². The molecule has 0 saturated heterocycles. The predicted octanol–water partition coefficient (Wildman–Crippen LogP) is 9.82. The molecule has 0 atom stereocenters. The van der Waals surface area contributed by atoms with E-state index in [4.69, 9.17) is 9.98 Å². The van der Waals surface area contributed by atoms with Crippen molar-refractivity contribution in [2.45, 2.75) is 6.17 Å². The zero-order chi connectivity index (χ0) is 29.3. The number of nitrogens with one attached hydrogen (secondary N) is 1. The van der Waals surface area contributed by atoms with Crippen LogP contribution < -0.4 is 5.32 Å². The van der Waals surface area contributed by atoms with Gasteiger partial charge in [0.25, 0.3) is 0 Å². The molecule has 1 heterocycles. The SMILES string of the molecule is c1ccc(-c2ccc(C3=NC(c4ccc5c(ccc6ccccc65)c4)N=C(c4ccc(-c5ccccc5)cc4)N3)cc2)cc1. The zero-order valence-corrected chi connectivity index (χ0v) is 24.1. The number of aliphatic imine (C=N–C) groups is 2. The Morgan fingerprint density at radius 1 is 0.364 bits per heavy atom. The molecular weight excluding hydrogens is 534 g/mol. The topological polar surface area (TPSA) is 36.8 Å². The molecule has 0 aliphatic carbocycles. The molecule has 0 saturated carbocycles. The van der Waals surface area contributed by atoms with Gasteiger partial charge in [-0.2, -0.15) is 0 Å². The van der Waals surface area contributed by atoms with Crippen molar-refractivity contribution in [2.24, 2.45) is 9.98 Å². The Bertz CT molecular complexity index is 2060. The standard InChI is InChI=1S/C41H29N3/c1-3-9-28(10-4-1)30-15-20-33(21-16-30)39-42-40(34-22-17-31(18-23-34)29-11-5-2-6-12-29)44-41(43-39)36-25-26-38-35(27-36)24-19-32-13-7-8-14-37(32)38/h1-27,41H,(H,42,43,44). The van der Waals surface area contributed by atoms with Crippen LogP contribution in [0, 0.1) is 0 Å². The van der Waals surface area contributed by atoms with Gasteiger partial charge in [0.15, 0.2) is 6.17 Å². The van der Waals surface area contributed by atoms with E-state index in [1.54, 1.807) is 0 Å². The van der Waals surface area contributed by atoms with Gasteiger partial charge in [0.05, 0.1) is 0 Å². The van der Waals surface area contributed by atoms with Crippen molar-refractivity contribution in [3.63, 3.8) is 0 Å². The minimum Gasteiger partial charge on any atom is -0.324 e. The fourth-order valence-corrected chi connectivity index (χ4v) is 5.99. The van der Waals surface area contributed by atoms with Gasteiger partial charge in [0, 0.05) is 11.1 Å². The van der Waals surface area contributed by atoms with Crippen molar-refractivity contribution in [2.75, 3.05) is 0 Å². The Morgan fingerprint density at radius 3 is 1.41 bits per heavy atom. The molecule has 3 nitrogen and oxygen atoms in total. The number of fused-ring (bicyclic) bond motifs is 3. The number of nitrogens with zero attached hydrogens (tertiary/aromatic N) is 2. The molecule has 1 N–H and O–H groups in total. The highest BCUT2D eigenvalue weighted by Gasteiger charge is 2.21. The molecule has 3 heteroatoms. The van der Waals surface area contributed by atoms with E-state index in [1.807, 2.05) is 12.1 Å². The Morgan fingerprint density at radius 2 is 0.818 bits per heavy atom. The van der Waals surface area contributed by atoms with Crippen LogP contribution in [0.5, 0.6) is 0 Å². The molecule has 0 spiro atoms. The summed E-state index contributed by atoms with van der Waals surface area (Å²) in [7, 11) is 0. The molecule has 1 aliphatic heterocycles. The third-order valence-corrected chi connectivity index (χ3v) is 8.34. The summed E-state index contributed by atoms with van der Waals surface area (Å²) >= 11 is 0. The van der Waals surface area contributed by atoms with Gasteiger partial charge in [-0.3, -0.25) is 0 Å². The summed E-state index contributed by atoms with van der Waals surface area (Å²) in [5.74, 6) is 1.62. The van der Waals surface area contributed by atoms with Crippen molar-refractivity contribution >= 4 is 33.2 Å². The van der Waals surface area contributed by atoms with Crippen molar-refractivity contribution in [1.29, 1.82) is 0 Å². The average molecular weight is 564 g/mol. The highest BCUT2D eigenvalue weighted by atomic mass is 15.2. The zero-order valence-electron chi connectivity index (χ0n) is 24.1. The minimum atomic E-state index is -0.375. The summed E-state index contributed by atoms with van der Waals surface area (Å²) in [6, 6.07) is 57.6. The van der Waals surface area contributed by atoms with E-state index in [1.165, 1.54) is 43.8 Å². The van der Waals surface area contributed by atoms with E-state index >= 15 is 0 Å². The van der Waals surface area contributed by atoms with Gasteiger partial charge in [-0.15, -0.1) is 0 Å². The van der Waals surface area contributed by atoms with E-state index in [-0.39, 0.29) is 6.17 Å². The van der Waals surface area contributed by atoms with E-state index in [2.05, 4.69) is 157 Å². The maximum absolute atomic E-state index is 5.15. The molecule has 7 aromatic rings. The van der Waals surface area contributed by atoms with Crippen molar-refractivity contribution in [1.82, 2.24) is 5.32 Å². The lowest BCUT2D eigenvalue weighted by Gasteiger charge is -2.23. The smallest absolute Gasteiger partial charge is 0.169 e. The summed E-state index contributed by atoms with van der Waals surface area (Å²) < 4.78 is 0. The molecule has 1 aliphatic rings. The Labute approximate surface area is 256 Å². The van der Waals surface area contributed by atoms with Crippen molar-refractivity contribution in [3.05, 3.63) is 180 Å². The Hall–Kier alpha value is -5.80. The van der Waals surface area contributed by atoms with Crippen LogP contribution >= 0.6 is 0 Å². The molecule has 0 unspecified atom stereocenters. The summed E-state index contributed by atoms with van der Waals surface area (Å²) in [5, 5.41) is 8.49. The van der Waals surface area contributed by atoms with Gasteiger partial charge in [-0.1, -0.05) is 158 Å². The molecule has 8 rings (SSSR count). The average Bonchev–Trinajstić information content (AvgIpc) is 3.12. The van der Waals surface area contributed by atoms with E-state index in [9.17, 15) is 0 Å². The van der Waals surface area contributed by atoms with Crippen LogP contribution in [0.1, 0.15) is 22.9 Å². The van der Waals surface area contributed by atoms with Crippen LogP contribution in [0.3, 0.4) is 0 Å². The monoisotopic (exact) mass is 563 g/mol. The second kappa shape index (κ2) is 11.1. The second-order valence-electron chi connectivity index (χ2n) is 11.1. The molecule has 7 aromatic carbocycles. The maximum atomic E-state index is 5.15. The molecular formula is C41H29N3. The first kappa shape index (κ1) is 25.9. The second-order valence-corrected chi connectivity index (χ2v) is 11.1. The van der Waals surface area contributed by atoms with Crippen LogP contribution in [0.2, 0.25) is 0 Å². The lowest BCUT2D eigenvalue weighted by Crippen LogP contribution is -2.36. The molecule has 0 radical (unpaired) electrons. The molecule has 0 bridgehead atoms. The summed E-state index contributed by atoms with van der Waals surface area (Å²) in [6.45, 7) is 0. The number of rotatable bonds is 5. The predicted molar refractivity (Wildman–Crippen MR) is 184 cm³/mol. The molecule has 0 amide bonds. The highest BCUT2D eigenvalue weighted by molar-refractivity contribution is 6.16. The molecule has 0 fully saturated rings. The lowest BCUT2D eigenvalue weighted by molar-refractivity contribution is 0.757. The summed E-state index contributed by atoms with van der Waals surface area (Å²) in [6.07, 6.45) is -0.375. The molecule has 0 aromatic heterocycles. The fraction of sp³-hybridized carbons (Fsp3) is 0.0244. The van der Waals surface area contributed by atoms with Crippen molar-refractivity contribution in [3.8, 4) is 22.3 Å². The van der Waals surface area contributed by atoms with Gasteiger partial charge in [0.2, 0.25) is 0 Å². The number of hydrogen-bond acceptors (Lipinski definition) is 3. The van der Waals surface area contributed by atoms with Gasteiger partial charge in [-0.25, -0.2) is 9.98 Å². The molecule has 208 valence electrons. The van der Waals surface area contributed by atoms with E-state index < -0.39 is 0 Å². The van der Waals surface area contributed by atoms with E-state index in [0.717, 1.165) is 28.4 Å². The highest BCUT2D eigenvalue weighted by Crippen LogP contribution is 2.31. The summed E-state index contributed by atoms with van der Waals surface area (Å²) in [5.41, 5.74) is 7.85. The van der Waals surface area contributed by atoms with E-state index in [0.29, 0.717) is 0 Å². The van der Waals surface area contributed by atoms with Crippen LogP contribution in [-0.2, 0) is 0 Å². The maximum Gasteiger partial charge on any atom is 0.169 e. The van der Waals surface area contributed by atoms with Crippen LogP contribution in [-0.4, -0.2) is 11.7 Å². The van der Waals surface area contributed by atoms with Crippen LogP contribution in [0.15, 0.2) is 174 Å². The molecule has 44 heavy (non-hydrogen) atoms. The van der Waals surface area contributed by atoms with Crippen LogP contribution in [0.25, 0.3) is 43.8 Å². The number of hydrogen-bond donors (Lipinski definition) is 1. The van der Waals surface area contributed by atoms with Gasteiger partial charge < -0.3 is 5.32 Å². The third-order valence-electron chi connectivity index (χ3n) is 8.34. The third kappa shape index (κ3) is 4.95. The normalized spacial score (nSPS) is 13.4. The van der Waals surface area contributed by atoms with Gasteiger partial charge in [0.1, 0.15) is 11.7 Å². The van der Waals surface area contributed by atoms with Gasteiger partial charge >= 0.3 is 0 Å². The lowest BCUT2D eigenvalue weighted by atomic mass is 9.99. The number of amidine groups is 2. The Kier molecular flexibility index (Phi) is 6.54. The largest absolute Gasteiger partial charge is 0.324 e. The Balaban J connectivity index is 1.19. The number of benzene rings is 7. The first-order chi connectivity index (χ1) is 21.8. The van der Waals surface area contributed by atoms with Gasteiger partial charge in [-0.05, 0) is 55.4 Å². The minimum absolute atomic E-state index is 0.375. The van der Waals surface area contributed by atoms with Crippen LogP contribution in [0.4, 0.5) is 0 Å². The summed E-state index contributed by atoms with van der Waals surface area (Å²) in [4.78, 5) is 10.3.